The van der Waals surface area contributed by atoms with Crippen LogP contribution in [0.4, 0.5) is 0 Å². The maximum atomic E-state index is 5.41. The number of hydrogen-bond donors (Lipinski definition) is 1. The largest absolute Gasteiger partial charge is 0.497 e. The van der Waals surface area contributed by atoms with Crippen LogP contribution in [0.2, 0.25) is 0 Å². The van der Waals surface area contributed by atoms with Crippen LogP contribution < -0.4 is 4.74 Å². The van der Waals surface area contributed by atoms with Crippen LogP contribution in [-0.4, -0.2) is 28.8 Å². The summed E-state index contributed by atoms with van der Waals surface area (Å²) in [5.41, 5.74) is 3.55. The van der Waals surface area contributed by atoms with Crippen molar-refractivity contribution in [2.75, 3.05) is 14.2 Å². The van der Waals surface area contributed by atoms with Gasteiger partial charge in [0.15, 0.2) is 5.65 Å². The third-order valence-corrected chi connectivity index (χ3v) is 3.49. The molecule has 2 aromatic heterocycles. The van der Waals surface area contributed by atoms with Crippen LogP contribution in [0.3, 0.4) is 0 Å². The Morgan fingerprint density at radius 2 is 1.95 bits per heavy atom. The summed E-state index contributed by atoms with van der Waals surface area (Å²) in [5, 5.41) is 3.17. The van der Waals surface area contributed by atoms with Crippen LogP contribution in [0.5, 0.6) is 5.75 Å². The molecule has 0 bridgehead atoms. The summed E-state index contributed by atoms with van der Waals surface area (Å²) >= 11 is 5.41. The summed E-state index contributed by atoms with van der Waals surface area (Å²) < 4.78 is 12.7. The van der Waals surface area contributed by atoms with Crippen LogP contribution in [0.25, 0.3) is 16.9 Å². The van der Waals surface area contributed by atoms with E-state index in [4.69, 9.17) is 21.7 Å². The Morgan fingerprint density at radius 3 is 2.62 bits per heavy atom. The van der Waals surface area contributed by atoms with Gasteiger partial charge in [0, 0.05) is 24.8 Å². The second-order valence-corrected chi connectivity index (χ2v) is 5.03. The van der Waals surface area contributed by atoms with E-state index in [0.29, 0.717) is 11.2 Å². The van der Waals surface area contributed by atoms with E-state index in [2.05, 4.69) is 10.1 Å². The summed E-state index contributed by atoms with van der Waals surface area (Å²) in [4.78, 5) is 4.63. The number of aromatic nitrogens is 3. The lowest BCUT2D eigenvalue weighted by Gasteiger charge is -2.04. The van der Waals surface area contributed by atoms with E-state index in [1.165, 1.54) is 0 Å². The number of ether oxygens (including phenoxy) is 2. The fourth-order valence-corrected chi connectivity index (χ4v) is 2.43. The Morgan fingerprint density at radius 1 is 1.19 bits per heavy atom. The van der Waals surface area contributed by atoms with Crippen molar-refractivity contribution in [1.82, 2.24) is 14.6 Å². The molecular formula is C15H15N3O2S. The van der Waals surface area contributed by atoms with Gasteiger partial charge < -0.3 is 9.47 Å². The van der Waals surface area contributed by atoms with Crippen molar-refractivity contribution in [3.63, 3.8) is 0 Å². The first kappa shape index (κ1) is 13.8. The Bertz CT molecular complexity index is 821. The molecule has 0 atom stereocenters. The average Bonchev–Trinajstić information content (AvgIpc) is 2.91. The number of rotatable bonds is 4. The molecule has 1 aromatic carbocycles. The molecule has 0 radical (unpaired) electrons. The Hall–Kier alpha value is -2.18. The summed E-state index contributed by atoms with van der Waals surface area (Å²) in [6, 6.07) is 11.6. The highest BCUT2D eigenvalue weighted by Crippen LogP contribution is 2.22. The SMILES string of the molecule is COCc1cc2nc(-c3ccc(OC)cc3)cc(=S)n2[nH]1. The molecule has 6 heteroatoms. The number of fused-ring (bicyclic) bond motifs is 1. The van der Waals surface area contributed by atoms with Crippen molar-refractivity contribution >= 4 is 17.9 Å². The summed E-state index contributed by atoms with van der Waals surface area (Å²) in [5.74, 6) is 0.817. The third kappa shape index (κ3) is 2.68. The van der Waals surface area contributed by atoms with Gasteiger partial charge in [-0.25, -0.2) is 9.50 Å². The second kappa shape index (κ2) is 5.67. The minimum absolute atomic E-state index is 0.496. The molecule has 0 aliphatic carbocycles. The molecule has 2 heterocycles. The van der Waals surface area contributed by atoms with Gasteiger partial charge in [0.1, 0.15) is 10.4 Å². The van der Waals surface area contributed by atoms with Gasteiger partial charge in [-0.15, -0.1) is 0 Å². The van der Waals surface area contributed by atoms with Gasteiger partial charge in [0.25, 0.3) is 0 Å². The van der Waals surface area contributed by atoms with Gasteiger partial charge in [-0.2, -0.15) is 0 Å². The van der Waals surface area contributed by atoms with Crippen LogP contribution in [0, 0.1) is 4.64 Å². The lowest BCUT2D eigenvalue weighted by atomic mass is 10.1. The van der Waals surface area contributed by atoms with Crippen molar-refractivity contribution in [1.29, 1.82) is 0 Å². The van der Waals surface area contributed by atoms with Crippen molar-refractivity contribution in [2.24, 2.45) is 0 Å². The molecular weight excluding hydrogens is 286 g/mol. The molecule has 0 amide bonds. The van der Waals surface area contributed by atoms with E-state index in [0.717, 1.165) is 28.3 Å². The molecule has 0 fully saturated rings. The van der Waals surface area contributed by atoms with E-state index in [9.17, 15) is 0 Å². The molecule has 0 aliphatic heterocycles. The molecule has 1 N–H and O–H groups in total. The molecule has 0 spiro atoms. The molecule has 0 saturated carbocycles. The number of H-pyrrole nitrogens is 1. The first-order chi connectivity index (χ1) is 10.2. The number of methoxy groups -OCH3 is 2. The predicted octanol–water partition coefficient (Wildman–Crippen LogP) is 3.21. The van der Waals surface area contributed by atoms with Crippen LogP contribution in [-0.2, 0) is 11.3 Å². The van der Waals surface area contributed by atoms with Gasteiger partial charge in [-0.3, -0.25) is 5.10 Å². The fraction of sp³-hybridized carbons (Fsp3) is 0.200. The molecule has 5 nitrogen and oxygen atoms in total. The molecule has 108 valence electrons. The zero-order valence-corrected chi connectivity index (χ0v) is 12.6. The highest BCUT2D eigenvalue weighted by Gasteiger charge is 2.06. The Kier molecular flexibility index (Phi) is 3.72. The van der Waals surface area contributed by atoms with E-state index < -0.39 is 0 Å². The van der Waals surface area contributed by atoms with Crippen LogP contribution in [0.15, 0.2) is 36.4 Å². The number of nitrogens with one attached hydrogen (secondary N) is 1. The smallest absolute Gasteiger partial charge is 0.155 e. The van der Waals surface area contributed by atoms with Gasteiger partial charge in [0.05, 0.1) is 25.1 Å². The van der Waals surface area contributed by atoms with Gasteiger partial charge >= 0.3 is 0 Å². The quantitative estimate of drug-likeness (QED) is 0.752. The van der Waals surface area contributed by atoms with E-state index in [1.807, 2.05) is 36.4 Å². The van der Waals surface area contributed by atoms with E-state index >= 15 is 0 Å². The van der Waals surface area contributed by atoms with E-state index in [-0.39, 0.29) is 0 Å². The lowest BCUT2D eigenvalue weighted by molar-refractivity contribution is 0.181. The average molecular weight is 301 g/mol. The van der Waals surface area contributed by atoms with E-state index in [1.54, 1.807) is 18.7 Å². The summed E-state index contributed by atoms with van der Waals surface area (Å²) in [6.07, 6.45) is 0. The zero-order chi connectivity index (χ0) is 14.8. The number of benzene rings is 1. The van der Waals surface area contributed by atoms with Gasteiger partial charge in [0.2, 0.25) is 0 Å². The Balaban J connectivity index is 2.08. The zero-order valence-electron chi connectivity index (χ0n) is 11.8. The van der Waals surface area contributed by atoms with Gasteiger partial charge in [-0.1, -0.05) is 12.2 Å². The van der Waals surface area contributed by atoms with Crippen molar-refractivity contribution in [2.45, 2.75) is 6.61 Å². The first-order valence-corrected chi connectivity index (χ1v) is 6.87. The first-order valence-electron chi connectivity index (χ1n) is 6.46. The normalized spacial score (nSPS) is 11.0. The van der Waals surface area contributed by atoms with Gasteiger partial charge in [-0.05, 0) is 24.3 Å². The van der Waals surface area contributed by atoms with Crippen LogP contribution >= 0.6 is 12.2 Å². The number of aromatic amines is 1. The van der Waals surface area contributed by atoms with Crippen molar-refractivity contribution in [3.05, 3.63) is 46.7 Å². The predicted molar refractivity (Wildman–Crippen MR) is 83.1 cm³/mol. The lowest BCUT2D eigenvalue weighted by Crippen LogP contribution is -1.95. The standard InChI is InChI=1S/C15H15N3O2S/c1-19-9-11-7-14-16-13(8-15(21)18(14)17-11)10-3-5-12(20-2)6-4-10/h3-8,17H,9H2,1-2H3. The maximum absolute atomic E-state index is 5.41. The fourth-order valence-electron chi connectivity index (χ4n) is 2.18. The Labute approximate surface area is 127 Å². The molecule has 21 heavy (non-hydrogen) atoms. The molecule has 3 rings (SSSR count). The monoisotopic (exact) mass is 301 g/mol. The molecule has 0 unspecified atom stereocenters. The molecule has 0 saturated heterocycles. The highest BCUT2D eigenvalue weighted by molar-refractivity contribution is 7.71. The highest BCUT2D eigenvalue weighted by atomic mass is 32.1. The molecule has 0 aliphatic rings. The number of nitrogens with zero attached hydrogens (tertiary/aromatic N) is 2. The summed E-state index contributed by atoms with van der Waals surface area (Å²) in [6.45, 7) is 0.496. The third-order valence-electron chi connectivity index (χ3n) is 3.19. The number of hydrogen-bond acceptors (Lipinski definition) is 4. The maximum Gasteiger partial charge on any atom is 0.155 e. The van der Waals surface area contributed by atoms with Crippen molar-refractivity contribution in [3.8, 4) is 17.0 Å². The molecule has 3 aromatic rings. The van der Waals surface area contributed by atoms with Crippen LogP contribution in [0.1, 0.15) is 5.69 Å². The minimum Gasteiger partial charge on any atom is -0.497 e. The second-order valence-electron chi connectivity index (χ2n) is 4.62. The topological polar surface area (TPSA) is 51.6 Å². The van der Waals surface area contributed by atoms with Crippen molar-refractivity contribution < 1.29 is 9.47 Å². The minimum atomic E-state index is 0.496. The summed E-state index contributed by atoms with van der Waals surface area (Å²) in [7, 11) is 3.30.